The Morgan fingerprint density at radius 2 is 1.49 bits per heavy atom. The SMILES string of the molecule is CCC.CCC(=O)NC(CC(C)C)C(=O)NCC(=O)NC(CC(C)C)C(O)C1(C(=O)OC)CO1.Cc1ccccc1. The summed E-state index contributed by atoms with van der Waals surface area (Å²) in [6, 6.07) is 8.76. The first kappa shape index (κ1) is 38.0. The zero-order valence-electron chi connectivity index (χ0n) is 26.4. The molecule has 10 heteroatoms. The summed E-state index contributed by atoms with van der Waals surface area (Å²) in [5, 5.41) is 18.6. The number of aryl methyl sites for hydroxylation is 1. The topological polar surface area (TPSA) is 146 Å². The Morgan fingerprint density at radius 1 is 0.951 bits per heavy atom. The minimum Gasteiger partial charge on any atom is -0.467 e. The van der Waals surface area contributed by atoms with Crippen LogP contribution in [0.3, 0.4) is 0 Å². The predicted octanol–water partition coefficient (Wildman–Crippen LogP) is 3.29. The lowest BCUT2D eigenvalue weighted by molar-refractivity contribution is -0.153. The molecule has 0 aliphatic carbocycles. The van der Waals surface area contributed by atoms with Crippen LogP contribution in [-0.4, -0.2) is 72.8 Å². The van der Waals surface area contributed by atoms with Crippen molar-refractivity contribution in [3.8, 4) is 0 Å². The second-order valence-electron chi connectivity index (χ2n) is 11.1. The van der Waals surface area contributed by atoms with E-state index in [1.165, 1.54) is 19.1 Å². The van der Waals surface area contributed by atoms with Gasteiger partial charge >= 0.3 is 5.97 Å². The molecule has 0 spiro atoms. The van der Waals surface area contributed by atoms with Crippen LogP contribution in [-0.2, 0) is 28.7 Å². The molecule has 1 saturated heterocycles. The predicted molar refractivity (Wildman–Crippen MR) is 160 cm³/mol. The van der Waals surface area contributed by atoms with Gasteiger partial charge in [0.05, 0.1) is 26.3 Å². The number of aliphatic hydroxyl groups is 1. The summed E-state index contributed by atoms with van der Waals surface area (Å²) in [6.45, 7) is 15.4. The van der Waals surface area contributed by atoms with Crippen molar-refractivity contribution in [3.05, 3.63) is 35.9 Å². The number of ether oxygens (including phenoxy) is 2. The number of methoxy groups -OCH3 is 1. The highest BCUT2D eigenvalue weighted by molar-refractivity contribution is 5.90. The third-order valence-corrected chi connectivity index (χ3v) is 5.96. The van der Waals surface area contributed by atoms with Gasteiger partial charge < -0.3 is 30.5 Å². The summed E-state index contributed by atoms with van der Waals surface area (Å²) in [6.07, 6.45) is 1.04. The smallest absolute Gasteiger partial charge is 0.343 e. The normalized spacial score (nSPS) is 17.5. The molecule has 2 rings (SSSR count). The van der Waals surface area contributed by atoms with Gasteiger partial charge in [-0.25, -0.2) is 4.79 Å². The molecule has 41 heavy (non-hydrogen) atoms. The Morgan fingerprint density at radius 3 is 1.88 bits per heavy atom. The maximum Gasteiger partial charge on any atom is 0.343 e. The van der Waals surface area contributed by atoms with Crippen molar-refractivity contribution in [2.45, 2.75) is 105 Å². The van der Waals surface area contributed by atoms with Crippen molar-refractivity contribution in [2.75, 3.05) is 20.3 Å². The molecular weight excluding hydrogens is 526 g/mol. The third kappa shape index (κ3) is 15.0. The van der Waals surface area contributed by atoms with E-state index in [0.717, 1.165) is 0 Å². The number of carbonyl (C=O) groups is 4. The zero-order chi connectivity index (χ0) is 31.6. The van der Waals surface area contributed by atoms with Crippen LogP contribution in [0, 0.1) is 18.8 Å². The maximum atomic E-state index is 12.5. The van der Waals surface area contributed by atoms with E-state index in [-0.39, 0.29) is 37.3 Å². The number of amides is 3. The molecule has 1 fully saturated rings. The van der Waals surface area contributed by atoms with Crippen molar-refractivity contribution >= 4 is 23.7 Å². The molecular formula is C31H53N3O7. The highest BCUT2D eigenvalue weighted by Crippen LogP contribution is 2.35. The Bertz CT molecular complexity index is 918. The van der Waals surface area contributed by atoms with Gasteiger partial charge in [0.2, 0.25) is 23.3 Å². The molecule has 4 unspecified atom stereocenters. The summed E-state index contributed by atoms with van der Waals surface area (Å²) >= 11 is 0. The van der Waals surface area contributed by atoms with Crippen LogP contribution in [0.4, 0.5) is 0 Å². The van der Waals surface area contributed by atoms with Crippen molar-refractivity contribution < 1.29 is 33.8 Å². The fraction of sp³-hybridized carbons (Fsp3) is 0.677. The summed E-state index contributed by atoms with van der Waals surface area (Å²) in [5.41, 5.74) is -0.153. The first-order chi connectivity index (χ1) is 19.3. The molecule has 1 aliphatic heterocycles. The van der Waals surface area contributed by atoms with E-state index in [9.17, 15) is 24.3 Å². The molecule has 10 nitrogen and oxygen atoms in total. The minimum absolute atomic E-state index is 0.00997. The lowest BCUT2D eigenvalue weighted by Crippen LogP contribution is -2.56. The van der Waals surface area contributed by atoms with Gasteiger partial charge in [0.25, 0.3) is 0 Å². The van der Waals surface area contributed by atoms with E-state index in [1.807, 2.05) is 45.9 Å². The Kier molecular flexibility index (Phi) is 18.5. The fourth-order valence-corrected chi connectivity index (χ4v) is 3.84. The van der Waals surface area contributed by atoms with Crippen LogP contribution in [0.15, 0.2) is 30.3 Å². The van der Waals surface area contributed by atoms with Gasteiger partial charge in [-0.2, -0.15) is 0 Å². The molecule has 4 atom stereocenters. The highest BCUT2D eigenvalue weighted by atomic mass is 16.7. The third-order valence-electron chi connectivity index (χ3n) is 5.96. The zero-order valence-corrected chi connectivity index (χ0v) is 26.4. The number of esters is 1. The lowest BCUT2D eigenvalue weighted by Gasteiger charge is -2.28. The van der Waals surface area contributed by atoms with E-state index in [4.69, 9.17) is 9.47 Å². The van der Waals surface area contributed by atoms with Crippen LogP contribution in [0.25, 0.3) is 0 Å². The van der Waals surface area contributed by atoms with Gasteiger partial charge in [-0.3, -0.25) is 14.4 Å². The van der Waals surface area contributed by atoms with Crippen LogP contribution in [0.1, 0.15) is 79.7 Å². The molecule has 4 N–H and O–H groups in total. The van der Waals surface area contributed by atoms with Crippen molar-refractivity contribution in [1.82, 2.24) is 16.0 Å². The largest absolute Gasteiger partial charge is 0.467 e. The van der Waals surface area contributed by atoms with E-state index >= 15 is 0 Å². The lowest BCUT2D eigenvalue weighted by atomic mass is 9.90. The van der Waals surface area contributed by atoms with Crippen molar-refractivity contribution in [3.63, 3.8) is 0 Å². The van der Waals surface area contributed by atoms with Crippen molar-refractivity contribution in [2.24, 2.45) is 11.8 Å². The van der Waals surface area contributed by atoms with Gasteiger partial charge in [0.15, 0.2) is 0 Å². The molecule has 1 aromatic rings. The second kappa shape index (κ2) is 20.0. The van der Waals surface area contributed by atoms with Gasteiger partial charge in [-0.05, 0) is 31.6 Å². The minimum atomic E-state index is -1.47. The van der Waals surface area contributed by atoms with E-state index < -0.39 is 41.6 Å². The van der Waals surface area contributed by atoms with Gasteiger partial charge in [-0.1, -0.05) is 90.8 Å². The Labute approximate surface area is 246 Å². The number of rotatable bonds is 13. The van der Waals surface area contributed by atoms with E-state index in [0.29, 0.717) is 12.8 Å². The van der Waals surface area contributed by atoms with Crippen LogP contribution < -0.4 is 16.0 Å². The summed E-state index contributed by atoms with van der Waals surface area (Å²) in [7, 11) is 1.20. The Balaban J connectivity index is 0.00000134. The van der Waals surface area contributed by atoms with Gasteiger partial charge in [0.1, 0.15) is 12.1 Å². The molecule has 234 valence electrons. The molecule has 1 heterocycles. The number of hydrogen-bond donors (Lipinski definition) is 4. The van der Waals surface area contributed by atoms with Gasteiger partial charge in [-0.15, -0.1) is 0 Å². The average molecular weight is 580 g/mol. The first-order valence-corrected chi connectivity index (χ1v) is 14.6. The molecule has 1 aliphatic rings. The molecule has 0 saturated carbocycles. The second-order valence-corrected chi connectivity index (χ2v) is 11.1. The molecule has 1 aromatic carbocycles. The fourth-order valence-electron chi connectivity index (χ4n) is 3.84. The molecule has 0 radical (unpaired) electrons. The number of carbonyl (C=O) groups excluding carboxylic acids is 4. The van der Waals surface area contributed by atoms with Gasteiger partial charge in [0, 0.05) is 6.42 Å². The summed E-state index contributed by atoms with van der Waals surface area (Å²) in [4.78, 5) is 48.7. The highest BCUT2D eigenvalue weighted by Gasteiger charge is 2.61. The van der Waals surface area contributed by atoms with Crippen LogP contribution >= 0.6 is 0 Å². The van der Waals surface area contributed by atoms with Crippen molar-refractivity contribution in [1.29, 1.82) is 0 Å². The number of nitrogens with one attached hydrogen (secondary N) is 3. The molecule has 3 amide bonds. The molecule has 0 aromatic heterocycles. The number of epoxide rings is 1. The number of benzene rings is 1. The first-order valence-electron chi connectivity index (χ1n) is 14.6. The summed E-state index contributed by atoms with van der Waals surface area (Å²) in [5.74, 6) is -1.64. The standard InChI is InChI=1S/C21H37N3O7.C7H8.C3H8/c1-7-16(25)24-15(9-13(4)5)19(28)22-10-17(26)23-14(8-12(2)3)18(27)21(11-31-21)20(29)30-6;1-7-5-3-2-4-6-7;1-3-2/h12-15,18,27H,7-11H2,1-6H3,(H,22,28)(H,23,26)(H,24,25);2-6H,1H3;3H2,1-2H3. The number of hydrogen-bond acceptors (Lipinski definition) is 7. The van der Waals surface area contributed by atoms with Crippen LogP contribution in [0.5, 0.6) is 0 Å². The average Bonchev–Trinajstić information content (AvgIpc) is 3.73. The monoisotopic (exact) mass is 579 g/mol. The summed E-state index contributed by atoms with van der Waals surface area (Å²) < 4.78 is 9.89. The number of aliphatic hydroxyl groups excluding tert-OH is 1. The van der Waals surface area contributed by atoms with E-state index in [2.05, 4.69) is 48.9 Å². The molecule has 0 bridgehead atoms. The van der Waals surface area contributed by atoms with Crippen LogP contribution in [0.2, 0.25) is 0 Å². The van der Waals surface area contributed by atoms with E-state index in [1.54, 1.807) is 6.92 Å². The Hall–Kier alpha value is -2.98. The quantitative estimate of drug-likeness (QED) is 0.207. The maximum absolute atomic E-state index is 12.5.